The van der Waals surface area contributed by atoms with Crippen molar-refractivity contribution in [3.63, 3.8) is 0 Å². The number of unbranched alkanes of at least 4 members (excludes halogenated alkanes) is 6. The molecule has 0 aromatic rings. The zero-order chi connectivity index (χ0) is 17.5. The minimum atomic E-state index is -1.21. The lowest BCUT2D eigenvalue weighted by Crippen LogP contribution is -2.22. The normalized spacial score (nSPS) is 17.5. The van der Waals surface area contributed by atoms with Crippen LogP contribution < -0.4 is 0 Å². The molecule has 1 aliphatic heterocycles. The van der Waals surface area contributed by atoms with Crippen LogP contribution in [0.4, 0.5) is 0 Å². The van der Waals surface area contributed by atoms with Gasteiger partial charge in [-0.05, 0) is 32.1 Å². The van der Waals surface area contributed by atoms with Gasteiger partial charge >= 0.3 is 0 Å². The Hall–Kier alpha value is -0.743. The molecule has 0 aromatic carbocycles. The maximum absolute atomic E-state index is 5.75. The maximum Gasteiger partial charge on any atom is 0.157 e. The van der Waals surface area contributed by atoms with Gasteiger partial charge < -0.3 is 9.47 Å². The Balaban J connectivity index is 1.82. The van der Waals surface area contributed by atoms with Gasteiger partial charge in [-0.2, -0.15) is 0 Å². The number of ether oxygens (including phenoxy) is 2. The van der Waals surface area contributed by atoms with Crippen molar-refractivity contribution < 1.29 is 9.47 Å². The van der Waals surface area contributed by atoms with Crippen molar-refractivity contribution in [2.24, 2.45) is 0 Å². The molecule has 1 atom stereocenters. The molecule has 1 unspecified atom stereocenters. The molecule has 0 bridgehead atoms. The summed E-state index contributed by atoms with van der Waals surface area (Å²) in [6.45, 7) is 8.53. The molecule has 0 aliphatic carbocycles. The fourth-order valence-electron chi connectivity index (χ4n) is 2.58. The van der Waals surface area contributed by atoms with Gasteiger partial charge in [-0.15, -0.1) is 11.5 Å². The predicted molar refractivity (Wildman–Crippen MR) is 105 cm³/mol. The lowest BCUT2D eigenvalue weighted by Gasteiger charge is -2.22. The van der Waals surface area contributed by atoms with Gasteiger partial charge in [0.1, 0.15) is 8.07 Å². The molecule has 0 amide bonds. The van der Waals surface area contributed by atoms with Gasteiger partial charge in [-0.25, -0.2) is 0 Å². The molecule has 2 nitrogen and oxygen atoms in total. The van der Waals surface area contributed by atoms with Crippen molar-refractivity contribution in [3.8, 4) is 23.3 Å². The maximum atomic E-state index is 5.75. The van der Waals surface area contributed by atoms with Crippen LogP contribution >= 0.6 is 0 Å². The Kier molecular flexibility index (Phi) is 12.0. The van der Waals surface area contributed by atoms with Gasteiger partial charge in [0.05, 0.1) is 6.42 Å². The predicted octanol–water partition coefficient (Wildman–Crippen LogP) is 5.53. The summed E-state index contributed by atoms with van der Waals surface area (Å²) in [4.78, 5) is 0. The summed E-state index contributed by atoms with van der Waals surface area (Å²) in [6, 6.07) is 0. The van der Waals surface area contributed by atoms with Gasteiger partial charge in [-0.1, -0.05) is 57.2 Å². The van der Waals surface area contributed by atoms with Crippen LogP contribution in [0.3, 0.4) is 0 Å². The first-order valence-corrected chi connectivity index (χ1v) is 13.3. The zero-order valence-electron chi connectivity index (χ0n) is 16.1. The third-order valence-corrected chi connectivity index (χ3v) is 4.83. The van der Waals surface area contributed by atoms with Crippen LogP contribution in [0.1, 0.15) is 70.6 Å². The molecule has 1 heterocycles. The minimum absolute atomic E-state index is 0.0766. The van der Waals surface area contributed by atoms with Crippen molar-refractivity contribution in [1.29, 1.82) is 0 Å². The zero-order valence-corrected chi connectivity index (χ0v) is 17.1. The van der Waals surface area contributed by atoms with E-state index < -0.39 is 8.07 Å². The molecule has 24 heavy (non-hydrogen) atoms. The molecular weight excluding hydrogens is 312 g/mol. The average Bonchev–Trinajstić information content (AvgIpc) is 2.55. The van der Waals surface area contributed by atoms with Gasteiger partial charge in [-0.3, -0.25) is 0 Å². The van der Waals surface area contributed by atoms with E-state index in [2.05, 4.69) is 42.9 Å². The highest BCUT2D eigenvalue weighted by Gasteiger charge is 2.13. The number of hydrogen-bond donors (Lipinski definition) is 0. The second-order valence-electron chi connectivity index (χ2n) is 7.62. The summed E-state index contributed by atoms with van der Waals surface area (Å²) >= 11 is 0. The monoisotopic (exact) mass is 348 g/mol. The van der Waals surface area contributed by atoms with Crippen LogP contribution in [0.2, 0.25) is 19.6 Å². The molecule has 1 saturated heterocycles. The Bertz CT molecular complexity index is 425. The standard InChI is InChI=1S/C21H36O2Si/c1-24(2,3)20-16-12-10-8-6-4-5-7-9-11-14-18-22-21-17-13-15-19-23-21/h21H,4-7,9,11-15,17-19H2,1-3H3. The first kappa shape index (κ1) is 21.3. The van der Waals surface area contributed by atoms with E-state index in [1.165, 1.54) is 44.9 Å². The fourth-order valence-corrected chi connectivity index (χ4v) is 3.20. The summed E-state index contributed by atoms with van der Waals surface area (Å²) in [5.74, 6) is 9.62. The summed E-state index contributed by atoms with van der Waals surface area (Å²) in [5.41, 5.74) is 3.35. The van der Waals surface area contributed by atoms with Crippen LogP contribution in [0.15, 0.2) is 0 Å². The highest BCUT2D eigenvalue weighted by Crippen LogP contribution is 2.14. The molecule has 3 heteroatoms. The van der Waals surface area contributed by atoms with Crippen LogP contribution in [0.5, 0.6) is 0 Å². The highest BCUT2D eigenvalue weighted by molar-refractivity contribution is 6.83. The minimum Gasteiger partial charge on any atom is -0.353 e. The van der Waals surface area contributed by atoms with E-state index in [9.17, 15) is 0 Å². The molecule has 0 spiro atoms. The van der Waals surface area contributed by atoms with Crippen LogP contribution in [0, 0.1) is 23.3 Å². The van der Waals surface area contributed by atoms with Crippen molar-refractivity contribution in [2.45, 2.75) is 96.6 Å². The second kappa shape index (κ2) is 13.5. The van der Waals surface area contributed by atoms with E-state index >= 15 is 0 Å². The van der Waals surface area contributed by atoms with Gasteiger partial charge in [0.15, 0.2) is 6.29 Å². The summed E-state index contributed by atoms with van der Waals surface area (Å²) in [7, 11) is -1.21. The SMILES string of the molecule is C[Si](C)(C)C#CCC#CCCCCCCCCOC1CCCCO1. The first-order valence-electron chi connectivity index (χ1n) is 9.77. The van der Waals surface area contributed by atoms with E-state index in [-0.39, 0.29) is 6.29 Å². The van der Waals surface area contributed by atoms with Gasteiger partial charge in [0, 0.05) is 19.6 Å². The third kappa shape index (κ3) is 13.7. The van der Waals surface area contributed by atoms with Crippen molar-refractivity contribution in [3.05, 3.63) is 0 Å². The molecule has 1 rings (SSSR count). The molecule has 0 saturated carbocycles. The van der Waals surface area contributed by atoms with Crippen molar-refractivity contribution in [2.75, 3.05) is 13.2 Å². The fraction of sp³-hybridized carbons (Fsp3) is 0.810. The first-order chi connectivity index (χ1) is 11.6. The van der Waals surface area contributed by atoms with E-state index in [1.54, 1.807) is 0 Å². The second-order valence-corrected chi connectivity index (χ2v) is 12.4. The Labute approximate surface area is 151 Å². The average molecular weight is 349 g/mol. The highest BCUT2D eigenvalue weighted by atomic mass is 28.3. The van der Waals surface area contributed by atoms with E-state index in [0.717, 1.165) is 38.9 Å². The summed E-state index contributed by atoms with van der Waals surface area (Å²) in [5, 5.41) is 0. The lowest BCUT2D eigenvalue weighted by molar-refractivity contribution is -0.162. The topological polar surface area (TPSA) is 18.5 Å². The molecule has 0 aromatic heterocycles. The summed E-state index contributed by atoms with van der Waals surface area (Å²) in [6.07, 6.45) is 12.9. The van der Waals surface area contributed by atoms with Crippen molar-refractivity contribution in [1.82, 2.24) is 0 Å². The molecule has 1 aliphatic rings. The quantitative estimate of drug-likeness (QED) is 0.310. The van der Waals surface area contributed by atoms with Crippen LogP contribution in [0.25, 0.3) is 0 Å². The number of rotatable bonds is 9. The third-order valence-electron chi connectivity index (χ3n) is 3.90. The summed E-state index contributed by atoms with van der Waals surface area (Å²) < 4.78 is 11.3. The number of hydrogen-bond acceptors (Lipinski definition) is 2. The van der Waals surface area contributed by atoms with Gasteiger partial charge in [0.2, 0.25) is 0 Å². The molecule has 0 N–H and O–H groups in total. The largest absolute Gasteiger partial charge is 0.353 e. The van der Waals surface area contributed by atoms with Gasteiger partial charge in [0.25, 0.3) is 0 Å². The van der Waals surface area contributed by atoms with Crippen molar-refractivity contribution >= 4 is 8.07 Å². The van der Waals surface area contributed by atoms with Crippen LogP contribution in [-0.2, 0) is 9.47 Å². The Morgan fingerprint density at radius 1 is 0.917 bits per heavy atom. The molecular formula is C21H36O2Si. The smallest absolute Gasteiger partial charge is 0.157 e. The molecule has 0 radical (unpaired) electrons. The van der Waals surface area contributed by atoms with E-state index in [0.29, 0.717) is 0 Å². The van der Waals surface area contributed by atoms with Crippen LogP contribution in [-0.4, -0.2) is 27.6 Å². The molecule has 136 valence electrons. The lowest BCUT2D eigenvalue weighted by atomic mass is 10.1. The Morgan fingerprint density at radius 2 is 1.67 bits per heavy atom. The molecule has 1 fully saturated rings. The van der Waals surface area contributed by atoms with E-state index in [1.807, 2.05) is 0 Å². The van der Waals surface area contributed by atoms with E-state index in [4.69, 9.17) is 9.47 Å². The Morgan fingerprint density at radius 3 is 2.38 bits per heavy atom.